The highest BCUT2D eigenvalue weighted by atomic mass is 19.1. The lowest BCUT2D eigenvalue weighted by Crippen LogP contribution is -2.28. The highest BCUT2D eigenvalue weighted by Crippen LogP contribution is 2.34. The zero-order valence-electron chi connectivity index (χ0n) is 25.1. The first-order valence-corrected chi connectivity index (χ1v) is 14.5. The zero-order valence-corrected chi connectivity index (χ0v) is 25.1. The Hall–Kier alpha value is -3.64. The molecule has 5 nitrogen and oxygen atoms in total. The third-order valence-corrected chi connectivity index (χ3v) is 6.57. The van der Waals surface area contributed by atoms with Gasteiger partial charge in [-0.25, -0.2) is 9.38 Å². The van der Waals surface area contributed by atoms with Gasteiger partial charge >= 0.3 is 0 Å². The number of aryl methyl sites for hydroxylation is 1. The summed E-state index contributed by atoms with van der Waals surface area (Å²) in [5.74, 6) is 0.740. The van der Waals surface area contributed by atoms with Gasteiger partial charge in [-0.1, -0.05) is 60.1 Å². The van der Waals surface area contributed by atoms with Crippen LogP contribution in [0.3, 0.4) is 0 Å². The van der Waals surface area contributed by atoms with Gasteiger partial charge in [0.1, 0.15) is 5.82 Å². The van der Waals surface area contributed by atoms with Crippen LogP contribution in [0.2, 0.25) is 0 Å². The van der Waals surface area contributed by atoms with Crippen LogP contribution in [0.4, 0.5) is 4.39 Å². The molecule has 212 valence electrons. The van der Waals surface area contributed by atoms with Crippen LogP contribution in [0.5, 0.6) is 0 Å². The summed E-state index contributed by atoms with van der Waals surface area (Å²) in [6, 6.07) is 15.5. The first-order valence-electron chi connectivity index (χ1n) is 14.5. The Kier molecular flexibility index (Phi) is 11.8. The first kappa shape index (κ1) is 30.9. The minimum Gasteiger partial charge on any atom is -0.361 e. The molecule has 0 aliphatic rings. The van der Waals surface area contributed by atoms with Gasteiger partial charge in [0, 0.05) is 53.8 Å². The summed E-state index contributed by atoms with van der Waals surface area (Å²) in [7, 11) is 1.77. The van der Waals surface area contributed by atoms with Crippen molar-refractivity contribution < 1.29 is 4.39 Å². The van der Waals surface area contributed by atoms with E-state index in [4.69, 9.17) is 4.99 Å². The van der Waals surface area contributed by atoms with Gasteiger partial charge in [-0.2, -0.15) is 0 Å². The molecule has 0 radical (unpaired) electrons. The molecule has 2 aromatic carbocycles. The minimum absolute atomic E-state index is 0.235. The summed E-state index contributed by atoms with van der Waals surface area (Å²) in [4.78, 5) is 17.3. The number of H-pyrrole nitrogens is 1. The first-order chi connectivity index (χ1) is 19.4. The Morgan fingerprint density at radius 3 is 2.45 bits per heavy atom. The molecule has 2 heterocycles. The maximum Gasteiger partial charge on any atom is 0.155 e. The highest BCUT2D eigenvalue weighted by molar-refractivity contribution is 6.09. The van der Waals surface area contributed by atoms with Crippen molar-refractivity contribution in [2.45, 2.75) is 60.8 Å². The van der Waals surface area contributed by atoms with Crippen molar-refractivity contribution in [2.75, 3.05) is 20.1 Å². The molecular formula is C34H44FN5. The van der Waals surface area contributed by atoms with Crippen molar-refractivity contribution in [3.8, 4) is 22.4 Å². The summed E-state index contributed by atoms with van der Waals surface area (Å²) in [6.07, 6.45) is 6.87. The Morgan fingerprint density at radius 2 is 1.77 bits per heavy atom. The summed E-state index contributed by atoms with van der Waals surface area (Å²) >= 11 is 0. The summed E-state index contributed by atoms with van der Waals surface area (Å²) in [5.41, 5.74) is 7.23. The van der Waals surface area contributed by atoms with Crippen molar-refractivity contribution in [1.29, 1.82) is 0 Å². The van der Waals surface area contributed by atoms with E-state index in [1.165, 1.54) is 6.42 Å². The molecule has 6 heteroatoms. The molecule has 40 heavy (non-hydrogen) atoms. The van der Waals surface area contributed by atoms with Gasteiger partial charge in [-0.3, -0.25) is 9.98 Å². The molecule has 0 saturated heterocycles. The van der Waals surface area contributed by atoms with Crippen molar-refractivity contribution in [2.24, 2.45) is 15.9 Å². The lowest BCUT2D eigenvalue weighted by atomic mass is 9.98. The summed E-state index contributed by atoms with van der Waals surface area (Å²) < 4.78 is 14.8. The zero-order chi connectivity index (χ0) is 29.1. The van der Waals surface area contributed by atoms with Crippen molar-refractivity contribution in [3.63, 3.8) is 0 Å². The number of amidine groups is 1. The molecule has 4 aromatic rings. The molecule has 0 unspecified atom stereocenters. The van der Waals surface area contributed by atoms with E-state index in [-0.39, 0.29) is 5.82 Å². The third-order valence-electron chi connectivity index (χ3n) is 6.57. The van der Waals surface area contributed by atoms with E-state index >= 15 is 0 Å². The average molecular weight is 542 g/mol. The van der Waals surface area contributed by atoms with E-state index < -0.39 is 0 Å². The lowest BCUT2D eigenvalue weighted by Gasteiger charge is -2.13. The Bertz CT molecular complexity index is 1450. The minimum atomic E-state index is -0.235. The summed E-state index contributed by atoms with van der Waals surface area (Å²) in [5, 5.41) is 4.43. The Balaban J connectivity index is 0.00000141. The number of aromatic nitrogens is 2. The molecule has 0 atom stereocenters. The second-order valence-corrected chi connectivity index (χ2v) is 10.3. The maximum absolute atomic E-state index is 14.8. The number of nitrogens with one attached hydrogen (secondary N) is 2. The maximum atomic E-state index is 14.8. The number of benzene rings is 2. The van der Waals surface area contributed by atoms with E-state index in [1.807, 2.05) is 42.7 Å². The van der Waals surface area contributed by atoms with Gasteiger partial charge in [0.2, 0.25) is 0 Å². The monoisotopic (exact) mass is 541 g/mol. The molecule has 2 N–H and O–H groups in total. The smallest absolute Gasteiger partial charge is 0.155 e. The number of fused-ring (bicyclic) bond motifs is 1. The molecule has 0 aliphatic carbocycles. The fraction of sp³-hybridized carbons (Fsp3) is 0.382. The van der Waals surface area contributed by atoms with E-state index in [2.05, 4.69) is 74.0 Å². The highest BCUT2D eigenvalue weighted by Gasteiger charge is 2.15. The van der Waals surface area contributed by atoms with Crippen LogP contribution in [-0.2, 0) is 6.42 Å². The average Bonchev–Trinajstić information content (AvgIpc) is 3.45. The molecule has 4 rings (SSSR count). The van der Waals surface area contributed by atoms with Crippen molar-refractivity contribution in [1.82, 2.24) is 15.3 Å². The van der Waals surface area contributed by atoms with E-state index in [1.54, 1.807) is 13.1 Å². The fourth-order valence-corrected chi connectivity index (χ4v) is 4.38. The predicted molar refractivity (Wildman–Crippen MR) is 170 cm³/mol. The second-order valence-electron chi connectivity index (χ2n) is 10.3. The van der Waals surface area contributed by atoms with E-state index in [9.17, 15) is 4.39 Å². The molecule has 0 aliphatic heterocycles. The molecule has 0 saturated carbocycles. The molecule has 2 aromatic heterocycles. The number of pyridine rings is 1. The topological polar surface area (TPSA) is 65.4 Å². The normalized spacial score (nSPS) is 12.1. The van der Waals surface area contributed by atoms with Crippen LogP contribution >= 0.6 is 0 Å². The van der Waals surface area contributed by atoms with Gasteiger partial charge in [-0.05, 0) is 72.8 Å². The van der Waals surface area contributed by atoms with Gasteiger partial charge < -0.3 is 10.3 Å². The number of hydrogen-bond acceptors (Lipinski definition) is 3. The Morgan fingerprint density at radius 1 is 1.00 bits per heavy atom. The van der Waals surface area contributed by atoms with E-state index in [0.29, 0.717) is 17.3 Å². The van der Waals surface area contributed by atoms with Gasteiger partial charge in [0.25, 0.3) is 0 Å². The van der Waals surface area contributed by atoms with Crippen LogP contribution in [0.1, 0.15) is 65.5 Å². The predicted octanol–water partition coefficient (Wildman–Crippen LogP) is 8.49. The molecule has 0 spiro atoms. The lowest BCUT2D eigenvalue weighted by molar-refractivity contribution is 0.630. The van der Waals surface area contributed by atoms with Crippen LogP contribution < -0.4 is 5.32 Å². The molecule has 0 fully saturated rings. The van der Waals surface area contributed by atoms with Crippen molar-refractivity contribution >= 4 is 22.5 Å². The van der Waals surface area contributed by atoms with Crippen LogP contribution in [0, 0.1) is 11.7 Å². The number of hydrogen-bond donors (Lipinski definition) is 2. The molecular weight excluding hydrogens is 497 g/mol. The Labute approximate surface area is 239 Å². The SMILES string of the molecule is CCC.CCCNCC(=NC(=NC)c1cnc2ccc(-c3cc[nH]c3-c3cc(CC)ccc3F)cc2c1)C(C)C. The fourth-order valence-electron chi connectivity index (χ4n) is 4.38. The van der Waals surface area contributed by atoms with Crippen LogP contribution in [-0.4, -0.2) is 41.7 Å². The largest absolute Gasteiger partial charge is 0.361 e. The number of nitrogens with zero attached hydrogens (tertiary/aromatic N) is 3. The third kappa shape index (κ3) is 7.72. The van der Waals surface area contributed by atoms with Gasteiger partial charge in [0.05, 0.1) is 11.2 Å². The molecule has 0 bridgehead atoms. The number of aliphatic imine (C=N–C) groups is 2. The van der Waals surface area contributed by atoms with Gasteiger partial charge in [-0.15, -0.1) is 0 Å². The van der Waals surface area contributed by atoms with Crippen LogP contribution in [0.15, 0.2) is 70.9 Å². The summed E-state index contributed by atoms with van der Waals surface area (Å²) in [6.45, 7) is 14.5. The standard InChI is InChI=1S/C31H36FN5.C3H8/c1-6-13-34-19-29(20(3)4)37-31(33-5)24-17-23-16-22(9-11-28(23)36-18-24)25-12-14-35-30(25)26-15-21(7-2)8-10-27(26)32;1-3-2/h8-12,14-18,20,34-35H,6-7,13,19H2,1-5H3;3H2,1-2H3. The number of rotatable bonds is 9. The number of halogens is 1. The van der Waals surface area contributed by atoms with Crippen molar-refractivity contribution in [3.05, 3.63) is 77.9 Å². The van der Waals surface area contributed by atoms with Crippen LogP contribution in [0.25, 0.3) is 33.3 Å². The number of aromatic amines is 1. The quantitative estimate of drug-likeness (QED) is 0.127. The molecule has 0 amide bonds. The van der Waals surface area contributed by atoms with Gasteiger partial charge in [0.15, 0.2) is 5.84 Å². The van der Waals surface area contributed by atoms with E-state index in [0.717, 1.165) is 70.5 Å². The second kappa shape index (κ2) is 15.2.